The number of hydrogen-bond acceptors (Lipinski definition) is 6. The first-order valence-corrected chi connectivity index (χ1v) is 8.49. The number of nitrogens with zero attached hydrogens (tertiary/aromatic N) is 3. The topological polar surface area (TPSA) is 53.1 Å². The Morgan fingerprint density at radius 2 is 1.75 bits per heavy atom. The molecular weight excluding hydrogens is 270 g/mol. The minimum atomic E-state index is 0.809. The van der Waals surface area contributed by atoms with Crippen molar-refractivity contribution in [1.29, 1.82) is 0 Å². The molecule has 112 valence electrons. The van der Waals surface area contributed by atoms with Crippen molar-refractivity contribution >= 4 is 23.4 Å². The monoisotopic (exact) mass is 295 g/mol. The second kappa shape index (κ2) is 7.69. The average molecular weight is 295 g/mol. The smallest absolute Gasteiger partial charge is 0.134 e. The molecule has 1 aliphatic rings. The van der Waals surface area contributed by atoms with Gasteiger partial charge in [0.25, 0.3) is 0 Å². The van der Waals surface area contributed by atoms with Gasteiger partial charge < -0.3 is 10.6 Å². The van der Waals surface area contributed by atoms with Crippen LogP contribution >= 0.6 is 11.8 Å². The zero-order valence-corrected chi connectivity index (χ0v) is 13.5. The predicted octanol–water partition coefficient (Wildman–Crippen LogP) is 1.99. The fraction of sp³-hybridized carbons (Fsp3) is 0.714. The lowest BCUT2D eigenvalue weighted by atomic mass is 10.3. The zero-order chi connectivity index (χ0) is 14.4. The Hall–Kier alpha value is -1.01. The summed E-state index contributed by atoms with van der Waals surface area (Å²) in [6.07, 6.45) is 0. The highest BCUT2D eigenvalue weighted by Crippen LogP contribution is 2.19. The maximum absolute atomic E-state index is 4.51. The summed E-state index contributed by atoms with van der Waals surface area (Å²) in [6, 6.07) is 0. The van der Waals surface area contributed by atoms with Gasteiger partial charge in [-0.15, -0.1) is 0 Å². The molecule has 5 nitrogen and oxygen atoms in total. The van der Waals surface area contributed by atoms with Crippen molar-refractivity contribution in [2.45, 2.75) is 20.8 Å². The molecule has 0 aromatic carbocycles. The molecule has 0 bridgehead atoms. The van der Waals surface area contributed by atoms with Crippen molar-refractivity contribution in [2.75, 3.05) is 54.9 Å². The standard InChI is InChI=1S/C14H25N5S/c1-4-15-13-11(2)14(18-12(3)17-13)16-5-6-19-7-9-20-10-8-19/h4-10H2,1-3H3,(H2,15,16,17,18). The molecule has 2 rings (SSSR count). The van der Waals surface area contributed by atoms with Crippen molar-refractivity contribution < 1.29 is 0 Å². The van der Waals surface area contributed by atoms with E-state index in [-0.39, 0.29) is 0 Å². The highest BCUT2D eigenvalue weighted by molar-refractivity contribution is 7.99. The van der Waals surface area contributed by atoms with Crippen LogP contribution in [0, 0.1) is 13.8 Å². The third-order valence-electron chi connectivity index (χ3n) is 3.43. The van der Waals surface area contributed by atoms with Crippen LogP contribution in [-0.4, -0.2) is 59.1 Å². The van der Waals surface area contributed by atoms with Crippen LogP contribution in [0.5, 0.6) is 0 Å². The SMILES string of the molecule is CCNc1nc(C)nc(NCCN2CCSCC2)c1C. The first-order valence-electron chi connectivity index (χ1n) is 7.33. The van der Waals surface area contributed by atoms with Gasteiger partial charge in [-0.25, -0.2) is 9.97 Å². The van der Waals surface area contributed by atoms with Gasteiger partial charge in [0.2, 0.25) is 0 Å². The van der Waals surface area contributed by atoms with Gasteiger partial charge in [-0.1, -0.05) is 0 Å². The van der Waals surface area contributed by atoms with Gasteiger partial charge in [-0.2, -0.15) is 11.8 Å². The second-order valence-electron chi connectivity index (χ2n) is 5.00. The Balaban J connectivity index is 1.91. The van der Waals surface area contributed by atoms with Crippen molar-refractivity contribution in [3.8, 4) is 0 Å². The molecule has 1 saturated heterocycles. The summed E-state index contributed by atoms with van der Waals surface area (Å²) in [5.74, 6) is 5.23. The molecule has 6 heteroatoms. The van der Waals surface area contributed by atoms with E-state index in [1.807, 2.05) is 18.7 Å². The van der Waals surface area contributed by atoms with Crippen molar-refractivity contribution in [1.82, 2.24) is 14.9 Å². The van der Waals surface area contributed by atoms with Crippen LogP contribution in [0.15, 0.2) is 0 Å². The Kier molecular flexibility index (Phi) is 5.91. The molecule has 0 spiro atoms. The molecule has 1 fully saturated rings. The highest BCUT2D eigenvalue weighted by atomic mass is 32.2. The van der Waals surface area contributed by atoms with E-state index in [2.05, 4.69) is 39.3 Å². The molecule has 1 aliphatic heterocycles. The quantitative estimate of drug-likeness (QED) is 0.837. The maximum Gasteiger partial charge on any atom is 0.134 e. The number of anilines is 2. The predicted molar refractivity (Wildman–Crippen MR) is 87.9 cm³/mol. The van der Waals surface area contributed by atoms with E-state index in [0.717, 1.165) is 42.7 Å². The number of hydrogen-bond donors (Lipinski definition) is 2. The van der Waals surface area contributed by atoms with E-state index in [1.54, 1.807) is 0 Å². The van der Waals surface area contributed by atoms with Gasteiger partial charge in [-0.05, 0) is 20.8 Å². The molecule has 0 radical (unpaired) electrons. The van der Waals surface area contributed by atoms with E-state index in [4.69, 9.17) is 0 Å². The van der Waals surface area contributed by atoms with E-state index in [0.29, 0.717) is 0 Å². The van der Waals surface area contributed by atoms with Crippen molar-refractivity contribution in [3.05, 3.63) is 11.4 Å². The summed E-state index contributed by atoms with van der Waals surface area (Å²) in [5, 5.41) is 6.75. The number of aryl methyl sites for hydroxylation is 1. The van der Waals surface area contributed by atoms with Crippen LogP contribution in [0.1, 0.15) is 18.3 Å². The van der Waals surface area contributed by atoms with Crippen LogP contribution in [0.4, 0.5) is 11.6 Å². The summed E-state index contributed by atoms with van der Waals surface area (Å²) in [4.78, 5) is 11.5. The molecule has 0 unspecified atom stereocenters. The molecule has 1 aromatic rings. The summed E-state index contributed by atoms with van der Waals surface area (Å²) in [7, 11) is 0. The van der Waals surface area contributed by atoms with E-state index in [9.17, 15) is 0 Å². The number of rotatable bonds is 6. The van der Waals surface area contributed by atoms with Gasteiger partial charge in [0.15, 0.2) is 0 Å². The number of aromatic nitrogens is 2. The highest BCUT2D eigenvalue weighted by Gasteiger charge is 2.11. The largest absolute Gasteiger partial charge is 0.370 e. The molecule has 0 amide bonds. The molecule has 2 heterocycles. The van der Waals surface area contributed by atoms with Crippen LogP contribution in [0.25, 0.3) is 0 Å². The Bertz CT molecular complexity index is 432. The Morgan fingerprint density at radius 1 is 1.10 bits per heavy atom. The average Bonchev–Trinajstić information content (AvgIpc) is 2.45. The van der Waals surface area contributed by atoms with E-state index < -0.39 is 0 Å². The first kappa shape index (κ1) is 15.4. The van der Waals surface area contributed by atoms with E-state index >= 15 is 0 Å². The Morgan fingerprint density at radius 3 is 2.40 bits per heavy atom. The zero-order valence-electron chi connectivity index (χ0n) is 12.7. The lowest BCUT2D eigenvalue weighted by molar-refractivity contribution is 0.314. The Labute approximate surface area is 125 Å². The van der Waals surface area contributed by atoms with Crippen LogP contribution < -0.4 is 10.6 Å². The van der Waals surface area contributed by atoms with E-state index in [1.165, 1.54) is 24.6 Å². The molecule has 0 atom stereocenters. The summed E-state index contributed by atoms with van der Waals surface area (Å²) in [6.45, 7) is 11.4. The fourth-order valence-electron chi connectivity index (χ4n) is 2.30. The lowest BCUT2D eigenvalue weighted by Gasteiger charge is -2.26. The minimum absolute atomic E-state index is 0.809. The molecule has 20 heavy (non-hydrogen) atoms. The molecular formula is C14H25N5S. The number of nitrogens with one attached hydrogen (secondary N) is 2. The summed E-state index contributed by atoms with van der Waals surface area (Å²) in [5.41, 5.74) is 1.10. The summed E-state index contributed by atoms with van der Waals surface area (Å²) < 4.78 is 0. The number of thioether (sulfide) groups is 1. The third kappa shape index (κ3) is 4.24. The van der Waals surface area contributed by atoms with Gasteiger partial charge in [-0.3, -0.25) is 4.90 Å². The second-order valence-corrected chi connectivity index (χ2v) is 6.23. The van der Waals surface area contributed by atoms with Gasteiger partial charge >= 0.3 is 0 Å². The lowest BCUT2D eigenvalue weighted by Crippen LogP contribution is -2.36. The molecule has 2 N–H and O–H groups in total. The van der Waals surface area contributed by atoms with Gasteiger partial charge in [0.05, 0.1) is 0 Å². The third-order valence-corrected chi connectivity index (χ3v) is 4.37. The molecule has 0 aliphatic carbocycles. The first-order chi connectivity index (χ1) is 9.70. The minimum Gasteiger partial charge on any atom is -0.370 e. The van der Waals surface area contributed by atoms with Crippen LogP contribution in [0.3, 0.4) is 0 Å². The van der Waals surface area contributed by atoms with Crippen LogP contribution in [-0.2, 0) is 0 Å². The fourth-order valence-corrected chi connectivity index (χ4v) is 3.28. The molecule has 0 saturated carbocycles. The summed E-state index contributed by atoms with van der Waals surface area (Å²) >= 11 is 2.05. The van der Waals surface area contributed by atoms with Gasteiger partial charge in [0.1, 0.15) is 17.5 Å². The molecule has 1 aromatic heterocycles. The van der Waals surface area contributed by atoms with Gasteiger partial charge in [0, 0.05) is 49.8 Å². The normalized spacial score (nSPS) is 16.1. The van der Waals surface area contributed by atoms with Crippen LogP contribution in [0.2, 0.25) is 0 Å². The van der Waals surface area contributed by atoms with Crippen molar-refractivity contribution in [2.24, 2.45) is 0 Å². The maximum atomic E-state index is 4.51. The van der Waals surface area contributed by atoms with Crippen molar-refractivity contribution in [3.63, 3.8) is 0 Å².